The normalized spacial score (nSPS) is 19.4. The Morgan fingerprint density at radius 1 is 1.28 bits per heavy atom. The summed E-state index contributed by atoms with van der Waals surface area (Å²) >= 11 is 0. The van der Waals surface area contributed by atoms with E-state index in [9.17, 15) is 18.0 Å². The lowest BCUT2D eigenvalue weighted by Gasteiger charge is -2.38. The van der Waals surface area contributed by atoms with Crippen molar-refractivity contribution in [2.75, 3.05) is 5.32 Å². The third-order valence-corrected chi connectivity index (χ3v) is 5.39. The summed E-state index contributed by atoms with van der Waals surface area (Å²) in [5.74, 6) is 0.841. The Balaban J connectivity index is 1.49. The van der Waals surface area contributed by atoms with E-state index in [-0.39, 0.29) is 11.5 Å². The zero-order valence-electron chi connectivity index (χ0n) is 15.9. The van der Waals surface area contributed by atoms with Crippen LogP contribution in [0.3, 0.4) is 0 Å². The number of alkyl halides is 3. The first-order valence-electron chi connectivity index (χ1n) is 9.41. The van der Waals surface area contributed by atoms with Crippen LogP contribution in [0.1, 0.15) is 48.9 Å². The molecule has 1 N–H and O–H groups in total. The molecule has 1 aliphatic carbocycles. The van der Waals surface area contributed by atoms with Crippen LogP contribution >= 0.6 is 0 Å². The largest absolute Gasteiger partial charge is 0.433 e. The quantitative estimate of drug-likeness (QED) is 0.685. The molecule has 0 atom stereocenters. The second kappa shape index (κ2) is 7.13. The molecule has 9 heteroatoms. The molecule has 3 aromatic rings. The summed E-state index contributed by atoms with van der Waals surface area (Å²) in [6.07, 6.45) is 1.02. The van der Waals surface area contributed by atoms with Gasteiger partial charge in [0, 0.05) is 11.6 Å². The number of amides is 1. The van der Waals surface area contributed by atoms with Crippen molar-refractivity contribution in [3.63, 3.8) is 0 Å². The van der Waals surface area contributed by atoms with E-state index < -0.39 is 17.8 Å². The number of hydrogen-bond donors (Lipinski definition) is 1. The zero-order valence-corrected chi connectivity index (χ0v) is 15.9. The molecule has 0 aliphatic heterocycles. The molecule has 3 aromatic heterocycles. The first-order chi connectivity index (χ1) is 13.7. The highest BCUT2D eigenvalue weighted by atomic mass is 19.4. The summed E-state index contributed by atoms with van der Waals surface area (Å²) in [4.78, 5) is 19.8. The lowest BCUT2D eigenvalue weighted by Crippen LogP contribution is -2.30. The molecule has 1 aliphatic rings. The molecule has 0 unspecified atom stereocenters. The van der Waals surface area contributed by atoms with E-state index in [4.69, 9.17) is 0 Å². The topological polar surface area (TPSA) is 72.7 Å². The highest BCUT2D eigenvalue weighted by molar-refractivity contribution is 6.03. The van der Waals surface area contributed by atoms with Crippen LogP contribution < -0.4 is 5.32 Å². The van der Waals surface area contributed by atoms with Crippen LogP contribution in [0.2, 0.25) is 0 Å². The first-order valence-corrected chi connectivity index (χ1v) is 9.41. The number of nitrogens with one attached hydrogen (secondary N) is 1. The van der Waals surface area contributed by atoms with Crippen LogP contribution in [0, 0.1) is 11.8 Å². The van der Waals surface area contributed by atoms with Gasteiger partial charge in [0.25, 0.3) is 5.91 Å². The number of carbonyl (C=O) groups is 1. The number of pyridine rings is 2. The fraction of sp³-hybridized carbons (Fsp3) is 0.400. The molecule has 3 heterocycles. The summed E-state index contributed by atoms with van der Waals surface area (Å²) in [6.45, 7) is 4.44. The maximum Gasteiger partial charge on any atom is 0.433 e. The monoisotopic (exact) mass is 403 g/mol. The van der Waals surface area contributed by atoms with Crippen LogP contribution in [0.4, 0.5) is 19.0 Å². The van der Waals surface area contributed by atoms with E-state index in [1.165, 1.54) is 6.07 Å². The molecule has 4 rings (SSSR count). The fourth-order valence-corrected chi connectivity index (χ4v) is 3.49. The van der Waals surface area contributed by atoms with Crippen LogP contribution in [0.25, 0.3) is 10.9 Å². The smallest absolute Gasteiger partial charge is 0.305 e. The summed E-state index contributed by atoms with van der Waals surface area (Å²) < 4.78 is 40.3. The van der Waals surface area contributed by atoms with E-state index in [2.05, 4.69) is 34.2 Å². The predicted molar refractivity (Wildman–Crippen MR) is 101 cm³/mol. The van der Waals surface area contributed by atoms with Crippen molar-refractivity contribution in [2.45, 2.75) is 38.9 Å². The van der Waals surface area contributed by atoms with Crippen molar-refractivity contribution >= 4 is 22.6 Å². The number of nitrogens with zero attached hydrogens (tertiary/aromatic N) is 4. The van der Waals surface area contributed by atoms with Gasteiger partial charge in [0.05, 0.1) is 12.2 Å². The maximum atomic E-state index is 12.8. The summed E-state index contributed by atoms with van der Waals surface area (Å²) in [5, 5.41) is 7.86. The van der Waals surface area contributed by atoms with Gasteiger partial charge in [-0.25, -0.2) is 9.97 Å². The molecule has 0 spiro atoms. The molecule has 152 valence electrons. The Kier molecular flexibility index (Phi) is 4.76. The number of rotatable bonds is 4. The molecule has 0 saturated heterocycles. The Morgan fingerprint density at radius 3 is 2.72 bits per heavy atom. The van der Waals surface area contributed by atoms with E-state index in [1.54, 1.807) is 12.3 Å². The summed E-state index contributed by atoms with van der Waals surface area (Å²) in [7, 11) is 0. The highest BCUT2D eigenvalue weighted by Gasteiger charge is 2.34. The number of anilines is 1. The molecule has 0 radical (unpaired) electrons. The third-order valence-electron chi connectivity index (χ3n) is 5.39. The van der Waals surface area contributed by atoms with Crippen molar-refractivity contribution < 1.29 is 18.0 Å². The van der Waals surface area contributed by atoms with Crippen LogP contribution in [-0.4, -0.2) is 25.7 Å². The van der Waals surface area contributed by atoms with Crippen LogP contribution in [0.15, 0.2) is 36.7 Å². The Morgan fingerprint density at radius 2 is 2.03 bits per heavy atom. The minimum absolute atomic E-state index is 0.231. The van der Waals surface area contributed by atoms with E-state index in [0.29, 0.717) is 23.4 Å². The minimum atomic E-state index is -4.61. The summed E-state index contributed by atoms with van der Waals surface area (Å²) in [6, 6.07) is 5.21. The first kappa shape index (κ1) is 19.4. The Hall–Kier alpha value is -2.97. The molecular weight excluding hydrogens is 383 g/mol. The molecule has 6 nitrogen and oxygen atoms in total. The summed E-state index contributed by atoms with van der Waals surface area (Å²) in [5.41, 5.74) is -0.741. The number of carbonyl (C=O) groups excluding carboxylic acids is 1. The van der Waals surface area contributed by atoms with Gasteiger partial charge < -0.3 is 5.32 Å². The van der Waals surface area contributed by atoms with E-state index in [0.717, 1.165) is 30.4 Å². The average Bonchev–Trinajstić information content (AvgIpc) is 3.02. The van der Waals surface area contributed by atoms with Crippen molar-refractivity contribution in [1.29, 1.82) is 0 Å². The third kappa shape index (κ3) is 3.94. The van der Waals surface area contributed by atoms with Crippen LogP contribution in [0.5, 0.6) is 0 Å². The van der Waals surface area contributed by atoms with Gasteiger partial charge in [0.1, 0.15) is 22.7 Å². The van der Waals surface area contributed by atoms with Gasteiger partial charge >= 0.3 is 6.18 Å². The van der Waals surface area contributed by atoms with Gasteiger partial charge in [0.15, 0.2) is 0 Å². The minimum Gasteiger partial charge on any atom is -0.305 e. The lowest BCUT2D eigenvalue weighted by atomic mass is 9.74. The fourth-order valence-electron chi connectivity index (χ4n) is 3.49. The average molecular weight is 403 g/mol. The predicted octanol–water partition coefficient (Wildman–Crippen LogP) is 4.70. The molecule has 29 heavy (non-hydrogen) atoms. The van der Waals surface area contributed by atoms with Crippen LogP contribution in [-0.2, 0) is 6.18 Å². The molecule has 1 fully saturated rings. The zero-order chi connectivity index (χ0) is 20.8. The second-order valence-electron chi connectivity index (χ2n) is 7.73. The molecule has 0 aromatic carbocycles. The molecule has 1 amide bonds. The Labute approximate surface area is 165 Å². The van der Waals surface area contributed by atoms with Gasteiger partial charge in [-0.15, -0.1) is 0 Å². The Bertz CT molecular complexity index is 1050. The molecule has 1 saturated carbocycles. The number of halogens is 3. The van der Waals surface area contributed by atoms with Crippen molar-refractivity contribution in [3.8, 4) is 0 Å². The maximum absolute atomic E-state index is 12.8. The van der Waals surface area contributed by atoms with Gasteiger partial charge in [-0.1, -0.05) is 19.9 Å². The number of fused-ring (bicyclic) bond motifs is 1. The number of hydrogen-bond acceptors (Lipinski definition) is 4. The van der Waals surface area contributed by atoms with Crippen molar-refractivity contribution in [1.82, 2.24) is 19.7 Å². The molecule has 0 bridgehead atoms. The molecular formula is C20H20F3N5O. The van der Waals surface area contributed by atoms with E-state index in [1.807, 2.05) is 10.9 Å². The van der Waals surface area contributed by atoms with Crippen molar-refractivity contribution in [2.24, 2.45) is 11.8 Å². The lowest BCUT2D eigenvalue weighted by molar-refractivity contribution is -0.141. The van der Waals surface area contributed by atoms with Gasteiger partial charge in [-0.3, -0.25) is 9.48 Å². The number of aromatic nitrogens is 4. The SMILES string of the molecule is CC(C)C1CC(n2cc3cc(NC(=O)c4cccc(C(F)(F)F)n4)ncc3n2)C1. The highest BCUT2D eigenvalue weighted by Crippen LogP contribution is 2.42. The van der Waals surface area contributed by atoms with E-state index >= 15 is 0 Å². The van der Waals surface area contributed by atoms with Crippen molar-refractivity contribution in [3.05, 3.63) is 48.0 Å². The van der Waals surface area contributed by atoms with Gasteiger partial charge in [0.2, 0.25) is 0 Å². The van der Waals surface area contributed by atoms with Gasteiger partial charge in [-0.05, 0) is 42.9 Å². The van der Waals surface area contributed by atoms with Gasteiger partial charge in [-0.2, -0.15) is 18.3 Å². The second-order valence-corrected chi connectivity index (χ2v) is 7.73. The standard InChI is InChI=1S/C20H20F3N5O/c1-11(2)12-6-14(7-12)28-10-13-8-18(24-9-16(13)27-28)26-19(29)15-4-3-5-17(25-15)20(21,22)23/h3-5,8-12,14H,6-7H2,1-2H3,(H,26,29).